The Balaban J connectivity index is 2.03. The van der Waals surface area contributed by atoms with Crippen LogP contribution in [-0.4, -0.2) is 11.5 Å². The highest BCUT2D eigenvalue weighted by Crippen LogP contribution is 2.26. The summed E-state index contributed by atoms with van der Waals surface area (Å²) in [5.74, 6) is 2.51. The summed E-state index contributed by atoms with van der Waals surface area (Å²) in [6.07, 6.45) is 19.6. The molecule has 0 atom stereocenters. The maximum absolute atomic E-state index is 3.34. The van der Waals surface area contributed by atoms with Gasteiger partial charge in [0.15, 0.2) is 0 Å². The van der Waals surface area contributed by atoms with E-state index in [1.165, 1.54) is 111 Å². The molecule has 1 aromatic rings. The van der Waals surface area contributed by atoms with E-state index in [2.05, 4.69) is 38.1 Å². The summed E-state index contributed by atoms with van der Waals surface area (Å²) in [6.45, 7) is 4.57. The smallest absolute Gasteiger partial charge is 0.00892 e. The topological polar surface area (TPSA) is 0 Å². The summed E-state index contributed by atoms with van der Waals surface area (Å²) < 4.78 is 0. The molecule has 0 spiro atoms. The minimum atomic E-state index is 1.26. The van der Waals surface area contributed by atoms with Crippen molar-refractivity contribution in [1.29, 1.82) is 0 Å². The molecule has 0 fully saturated rings. The van der Waals surface area contributed by atoms with Gasteiger partial charge in [-0.2, -0.15) is 0 Å². The van der Waals surface area contributed by atoms with E-state index in [9.17, 15) is 0 Å². The molecule has 0 aliphatic heterocycles. The maximum Gasteiger partial charge on any atom is 0.00892 e. The second-order valence-electron chi connectivity index (χ2n) is 7.34. The van der Waals surface area contributed by atoms with Crippen LogP contribution in [0.25, 0.3) is 0 Å². The first-order chi connectivity index (χ1) is 12.9. The van der Waals surface area contributed by atoms with Gasteiger partial charge in [0, 0.05) is 9.79 Å². The molecule has 149 valence electrons. The second kappa shape index (κ2) is 18.3. The molecule has 0 N–H and O–H groups in total. The minimum absolute atomic E-state index is 1.26. The number of hydrogen-bond donors (Lipinski definition) is 0. The van der Waals surface area contributed by atoms with Crippen LogP contribution in [0.4, 0.5) is 0 Å². The molecule has 0 nitrogen and oxygen atoms in total. The molecule has 1 aromatic carbocycles. The molecule has 1 radical (unpaired) electrons. The van der Waals surface area contributed by atoms with Crippen molar-refractivity contribution in [3.8, 4) is 0 Å². The van der Waals surface area contributed by atoms with Crippen molar-refractivity contribution in [2.24, 2.45) is 0 Å². The van der Waals surface area contributed by atoms with Gasteiger partial charge in [-0.05, 0) is 48.6 Å². The van der Waals surface area contributed by atoms with E-state index >= 15 is 0 Å². The van der Waals surface area contributed by atoms with E-state index in [1.807, 2.05) is 23.5 Å². The fourth-order valence-electron chi connectivity index (χ4n) is 3.09. The monoisotopic (exact) mass is 393 g/mol. The molecule has 0 aliphatic rings. The summed E-state index contributed by atoms with van der Waals surface area (Å²) in [5.41, 5.74) is 0. The summed E-state index contributed by atoms with van der Waals surface area (Å²) in [7, 11) is 0. The zero-order valence-electron chi connectivity index (χ0n) is 17.4. The lowest BCUT2D eigenvalue weighted by molar-refractivity contribution is 0.603. The van der Waals surface area contributed by atoms with Gasteiger partial charge in [-0.25, -0.2) is 0 Å². The van der Waals surface area contributed by atoms with Gasteiger partial charge in [-0.1, -0.05) is 90.9 Å². The van der Waals surface area contributed by atoms with Crippen molar-refractivity contribution in [2.75, 3.05) is 11.5 Å². The first-order valence-corrected chi connectivity index (χ1v) is 13.1. The van der Waals surface area contributed by atoms with Crippen LogP contribution in [0.2, 0.25) is 0 Å². The van der Waals surface area contributed by atoms with Gasteiger partial charge in [-0.15, -0.1) is 23.5 Å². The first-order valence-electron chi connectivity index (χ1n) is 11.1. The fraction of sp³-hybridized carbons (Fsp3) is 0.750. The molecule has 0 heterocycles. The van der Waals surface area contributed by atoms with Gasteiger partial charge >= 0.3 is 0 Å². The highest BCUT2D eigenvalue weighted by Gasteiger charge is 1.99. The van der Waals surface area contributed by atoms with E-state index in [-0.39, 0.29) is 0 Å². The number of benzene rings is 1. The van der Waals surface area contributed by atoms with Gasteiger partial charge in [0.25, 0.3) is 0 Å². The highest BCUT2D eigenvalue weighted by molar-refractivity contribution is 8.00. The lowest BCUT2D eigenvalue weighted by Gasteiger charge is -2.06. The van der Waals surface area contributed by atoms with Crippen LogP contribution in [0.1, 0.15) is 104 Å². The quantitative estimate of drug-likeness (QED) is 0.180. The van der Waals surface area contributed by atoms with Gasteiger partial charge in [0.2, 0.25) is 0 Å². The molecule has 0 bridgehead atoms. The van der Waals surface area contributed by atoms with Gasteiger partial charge in [0.05, 0.1) is 0 Å². The molecular weight excluding hydrogens is 352 g/mol. The van der Waals surface area contributed by atoms with Crippen LogP contribution in [0, 0.1) is 6.07 Å². The maximum atomic E-state index is 3.34. The zero-order chi connectivity index (χ0) is 18.7. The Bertz CT molecular complexity index is 381. The standard InChI is InChI=1S/C24H41S2/c1-3-5-7-9-11-13-15-20-25-23-18-17-19-24(22-23)26-21-16-14-12-10-8-6-4-2/h18-19,22H,3-16,20-21H2,1-2H3. The lowest BCUT2D eigenvalue weighted by atomic mass is 10.1. The number of hydrogen-bond acceptors (Lipinski definition) is 2. The molecule has 2 heteroatoms. The Morgan fingerprint density at radius 3 is 1.38 bits per heavy atom. The molecule has 0 saturated heterocycles. The largest absolute Gasteiger partial charge is 0.126 e. The van der Waals surface area contributed by atoms with Crippen LogP contribution < -0.4 is 0 Å². The predicted octanol–water partition coefficient (Wildman–Crippen LogP) is 9.17. The van der Waals surface area contributed by atoms with Gasteiger partial charge in [0.1, 0.15) is 0 Å². The summed E-state index contributed by atoms with van der Waals surface area (Å²) in [4.78, 5) is 2.81. The molecule has 0 amide bonds. The zero-order valence-corrected chi connectivity index (χ0v) is 19.0. The van der Waals surface area contributed by atoms with E-state index in [1.54, 1.807) is 0 Å². The average Bonchev–Trinajstić information content (AvgIpc) is 2.66. The van der Waals surface area contributed by atoms with Crippen LogP contribution in [0.5, 0.6) is 0 Å². The molecular formula is C24H41S2. The molecule has 1 rings (SSSR count). The van der Waals surface area contributed by atoms with Crippen molar-refractivity contribution >= 4 is 23.5 Å². The van der Waals surface area contributed by atoms with Gasteiger partial charge < -0.3 is 0 Å². The number of thioether (sulfide) groups is 2. The normalized spacial score (nSPS) is 11.2. The second-order valence-corrected chi connectivity index (χ2v) is 9.68. The fourth-order valence-corrected chi connectivity index (χ4v) is 5.06. The Hall–Kier alpha value is -0.0800. The lowest BCUT2D eigenvalue weighted by Crippen LogP contribution is -1.85. The Morgan fingerprint density at radius 2 is 0.962 bits per heavy atom. The predicted molar refractivity (Wildman–Crippen MR) is 123 cm³/mol. The van der Waals surface area contributed by atoms with E-state index in [0.29, 0.717) is 0 Å². The van der Waals surface area contributed by atoms with Crippen LogP contribution in [-0.2, 0) is 0 Å². The molecule has 0 aliphatic carbocycles. The van der Waals surface area contributed by atoms with E-state index < -0.39 is 0 Å². The SMILES string of the molecule is CCCCCCCCCSc1c[c]cc(SCCCCCCCCC)c1. The Morgan fingerprint density at radius 1 is 0.577 bits per heavy atom. The average molecular weight is 394 g/mol. The van der Waals surface area contributed by atoms with Crippen LogP contribution >= 0.6 is 23.5 Å². The highest BCUT2D eigenvalue weighted by atomic mass is 32.2. The Kier molecular flexibility index (Phi) is 16.9. The van der Waals surface area contributed by atoms with Crippen molar-refractivity contribution in [2.45, 2.75) is 114 Å². The van der Waals surface area contributed by atoms with Crippen molar-refractivity contribution < 1.29 is 0 Å². The number of unbranched alkanes of at least 4 members (excludes halogenated alkanes) is 12. The van der Waals surface area contributed by atoms with Crippen molar-refractivity contribution in [3.05, 3.63) is 24.3 Å². The summed E-state index contributed by atoms with van der Waals surface area (Å²) >= 11 is 4.03. The van der Waals surface area contributed by atoms with E-state index in [4.69, 9.17) is 0 Å². The van der Waals surface area contributed by atoms with Crippen molar-refractivity contribution in [1.82, 2.24) is 0 Å². The molecule has 0 aromatic heterocycles. The van der Waals surface area contributed by atoms with Crippen LogP contribution in [0.15, 0.2) is 28.0 Å². The van der Waals surface area contributed by atoms with Gasteiger partial charge in [-0.3, -0.25) is 0 Å². The summed E-state index contributed by atoms with van der Waals surface area (Å²) in [5, 5.41) is 0. The first kappa shape index (κ1) is 24.0. The molecule has 0 unspecified atom stereocenters. The Labute approximate surface area is 172 Å². The van der Waals surface area contributed by atoms with Crippen molar-refractivity contribution in [3.63, 3.8) is 0 Å². The minimum Gasteiger partial charge on any atom is -0.126 e. The summed E-state index contributed by atoms with van der Waals surface area (Å²) in [6, 6.07) is 10.0. The van der Waals surface area contributed by atoms with E-state index in [0.717, 1.165) is 0 Å². The molecule has 0 saturated carbocycles. The number of rotatable bonds is 18. The molecule has 26 heavy (non-hydrogen) atoms. The third kappa shape index (κ3) is 14.0. The third-order valence-corrected chi connectivity index (χ3v) is 6.89. The third-order valence-electron chi connectivity index (χ3n) is 4.77. The van der Waals surface area contributed by atoms with Crippen LogP contribution in [0.3, 0.4) is 0 Å².